The molecule has 3 aromatic rings. The predicted molar refractivity (Wildman–Crippen MR) is 84.8 cm³/mol. The lowest BCUT2D eigenvalue weighted by atomic mass is 10.2. The van der Waals surface area contributed by atoms with Crippen LogP contribution in [-0.4, -0.2) is 29.2 Å². The van der Waals surface area contributed by atoms with Crippen LogP contribution in [0.2, 0.25) is 0 Å². The Kier molecular flexibility index (Phi) is 3.33. The van der Waals surface area contributed by atoms with E-state index in [1.54, 1.807) is 30.5 Å². The second-order valence-electron chi connectivity index (χ2n) is 4.79. The molecule has 0 aliphatic heterocycles. The molecule has 0 aliphatic carbocycles. The fraction of sp³-hybridized carbons (Fsp3) is 0.143. The van der Waals surface area contributed by atoms with Crippen LogP contribution < -0.4 is 0 Å². The first-order valence-electron chi connectivity index (χ1n) is 6.15. The van der Waals surface area contributed by atoms with E-state index in [0.717, 1.165) is 21.4 Å². The Bertz CT molecular complexity index is 931. The zero-order chi connectivity index (χ0) is 15.2. The van der Waals surface area contributed by atoms with Gasteiger partial charge in [0.2, 0.25) is 0 Å². The van der Waals surface area contributed by atoms with Crippen LogP contribution in [0.25, 0.3) is 22.6 Å². The summed E-state index contributed by atoms with van der Waals surface area (Å²) in [5.41, 5.74) is 2.41. The Balaban J connectivity index is 2.14. The molecule has 1 aromatic carbocycles. The van der Waals surface area contributed by atoms with Gasteiger partial charge in [0.1, 0.15) is 5.82 Å². The highest BCUT2D eigenvalue weighted by Gasteiger charge is 2.12. The molecule has 0 radical (unpaired) electrons. The average Bonchev–Trinajstić information content (AvgIpc) is 2.75. The molecule has 0 fully saturated rings. The van der Waals surface area contributed by atoms with Crippen molar-refractivity contribution in [3.63, 3.8) is 0 Å². The van der Waals surface area contributed by atoms with Crippen molar-refractivity contribution in [2.24, 2.45) is 7.05 Å². The number of halogens is 1. The number of fused-ring (bicyclic) bond motifs is 1. The number of aryl methyl sites for hydroxylation is 1. The summed E-state index contributed by atoms with van der Waals surface area (Å²) in [5, 5.41) is 0. The molecule has 3 rings (SSSR count). The molecular weight excluding hydrogens is 354 g/mol. The molecule has 2 aromatic heterocycles. The lowest BCUT2D eigenvalue weighted by Gasteiger charge is -2.03. The first-order valence-corrected chi connectivity index (χ1v) is 8.83. The second-order valence-corrected chi connectivity index (χ2v) is 7.72. The van der Waals surface area contributed by atoms with Crippen molar-refractivity contribution in [1.29, 1.82) is 0 Å². The number of aromatic nitrogens is 3. The summed E-state index contributed by atoms with van der Waals surface area (Å²) >= 11 is 3.39. The standard InChI is InChI=1S/C14H12BrN3O2S/c1-18-12-7-10(15)8-16-13(12)17-14(18)9-3-5-11(6-4-9)21(2,19)20/h3-8H,1-2H3. The van der Waals surface area contributed by atoms with E-state index in [1.165, 1.54) is 6.26 Å². The van der Waals surface area contributed by atoms with Crippen LogP contribution in [0.5, 0.6) is 0 Å². The minimum absolute atomic E-state index is 0.297. The third-order valence-corrected chi connectivity index (χ3v) is 4.81. The number of rotatable bonds is 2. The van der Waals surface area contributed by atoms with Gasteiger partial charge in [-0.2, -0.15) is 0 Å². The van der Waals surface area contributed by atoms with Crippen LogP contribution in [0, 0.1) is 0 Å². The third-order valence-electron chi connectivity index (χ3n) is 3.25. The average molecular weight is 366 g/mol. The zero-order valence-electron chi connectivity index (χ0n) is 11.4. The van der Waals surface area contributed by atoms with Crippen LogP contribution in [0.3, 0.4) is 0 Å². The molecule has 0 amide bonds. The molecule has 0 spiro atoms. The highest BCUT2D eigenvalue weighted by Crippen LogP contribution is 2.25. The van der Waals surface area contributed by atoms with Crippen LogP contribution in [-0.2, 0) is 16.9 Å². The molecule has 0 saturated heterocycles. The molecule has 2 heterocycles. The van der Waals surface area contributed by atoms with E-state index < -0.39 is 9.84 Å². The summed E-state index contributed by atoms with van der Waals surface area (Å²) in [7, 11) is -1.28. The second kappa shape index (κ2) is 4.92. The number of hydrogen-bond donors (Lipinski definition) is 0. The molecule has 0 atom stereocenters. The van der Waals surface area contributed by atoms with Crippen molar-refractivity contribution in [3.05, 3.63) is 41.0 Å². The molecule has 0 N–H and O–H groups in total. The fourth-order valence-electron chi connectivity index (χ4n) is 2.15. The lowest BCUT2D eigenvalue weighted by Crippen LogP contribution is -1.97. The third kappa shape index (κ3) is 2.58. The minimum Gasteiger partial charge on any atom is -0.326 e. The van der Waals surface area contributed by atoms with Crippen molar-refractivity contribution in [2.45, 2.75) is 4.90 Å². The number of pyridine rings is 1. The highest BCUT2D eigenvalue weighted by molar-refractivity contribution is 9.10. The van der Waals surface area contributed by atoms with Gasteiger partial charge in [-0.25, -0.2) is 18.4 Å². The largest absolute Gasteiger partial charge is 0.326 e. The molecule has 21 heavy (non-hydrogen) atoms. The van der Waals surface area contributed by atoms with Crippen LogP contribution in [0.1, 0.15) is 0 Å². The van der Waals surface area contributed by atoms with E-state index in [9.17, 15) is 8.42 Å². The first kappa shape index (κ1) is 14.2. The van der Waals surface area contributed by atoms with Crippen molar-refractivity contribution in [3.8, 4) is 11.4 Å². The molecule has 0 saturated carbocycles. The molecule has 0 unspecified atom stereocenters. The quantitative estimate of drug-likeness (QED) is 0.700. The fourth-order valence-corrected chi connectivity index (χ4v) is 3.10. The molecule has 7 heteroatoms. The Morgan fingerprint density at radius 2 is 1.86 bits per heavy atom. The first-order chi connectivity index (χ1) is 9.86. The van der Waals surface area contributed by atoms with E-state index in [-0.39, 0.29) is 0 Å². The maximum atomic E-state index is 11.5. The van der Waals surface area contributed by atoms with Crippen molar-refractivity contribution < 1.29 is 8.42 Å². The molecule has 0 bridgehead atoms. The smallest absolute Gasteiger partial charge is 0.178 e. The van der Waals surface area contributed by atoms with E-state index in [1.807, 2.05) is 17.7 Å². The van der Waals surface area contributed by atoms with Crippen molar-refractivity contribution in [1.82, 2.24) is 14.5 Å². The number of imidazole rings is 1. The van der Waals surface area contributed by atoms with Crippen LogP contribution in [0.4, 0.5) is 0 Å². The van der Waals surface area contributed by atoms with E-state index in [2.05, 4.69) is 25.9 Å². The van der Waals surface area contributed by atoms with E-state index in [4.69, 9.17) is 0 Å². The summed E-state index contributed by atoms with van der Waals surface area (Å²) < 4.78 is 25.8. The zero-order valence-corrected chi connectivity index (χ0v) is 13.8. The topological polar surface area (TPSA) is 64.8 Å². The van der Waals surface area contributed by atoms with Gasteiger partial charge in [0.15, 0.2) is 15.5 Å². The van der Waals surface area contributed by atoms with Gasteiger partial charge in [0.25, 0.3) is 0 Å². The van der Waals surface area contributed by atoms with Crippen LogP contribution in [0.15, 0.2) is 45.9 Å². The maximum Gasteiger partial charge on any atom is 0.178 e. The van der Waals surface area contributed by atoms with E-state index in [0.29, 0.717) is 10.5 Å². The van der Waals surface area contributed by atoms with Gasteiger partial charge in [0.05, 0.1) is 10.4 Å². The Labute approximate surface area is 130 Å². The summed E-state index contributed by atoms with van der Waals surface area (Å²) in [6.07, 6.45) is 2.89. The van der Waals surface area contributed by atoms with Crippen molar-refractivity contribution in [2.75, 3.05) is 6.26 Å². The van der Waals surface area contributed by atoms with Gasteiger partial charge in [-0.05, 0) is 46.3 Å². The summed E-state index contributed by atoms with van der Waals surface area (Å²) in [6.45, 7) is 0. The van der Waals surface area contributed by atoms with Gasteiger partial charge >= 0.3 is 0 Å². The molecule has 0 aliphatic rings. The minimum atomic E-state index is -3.19. The SMILES string of the molecule is Cn1c(-c2ccc(S(C)(=O)=O)cc2)nc2ncc(Br)cc21. The number of hydrogen-bond acceptors (Lipinski definition) is 4. The summed E-state index contributed by atoms with van der Waals surface area (Å²) in [4.78, 5) is 9.06. The number of nitrogens with zero attached hydrogens (tertiary/aromatic N) is 3. The molecule has 108 valence electrons. The van der Waals surface area contributed by atoms with Crippen molar-refractivity contribution >= 4 is 36.9 Å². The Morgan fingerprint density at radius 3 is 2.48 bits per heavy atom. The Morgan fingerprint density at radius 1 is 1.19 bits per heavy atom. The predicted octanol–water partition coefficient (Wildman–Crippen LogP) is 2.80. The number of benzene rings is 1. The van der Waals surface area contributed by atoms with Gasteiger partial charge < -0.3 is 4.57 Å². The van der Waals surface area contributed by atoms with Gasteiger partial charge in [-0.1, -0.05) is 0 Å². The monoisotopic (exact) mass is 365 g/mol. The maximum absolute atomic E-state index is 11.5. The normalized spacial score (nSPS) is 12.0. The Hall–Kier alpha value is -1.73. The summed E-state index contributed by atoms with van der Waals surface area (Å²) in [6, 6.07) is 8.64. The summed E-state index contributed by atoms with van der Waals surface area (Å²) in [5.74, 6) is 0.746. The number of sulfone groups is 1. The molecular formula is C14H12BrN3O2S. The highest BCUT2D eigenvalue weighted by atomic mass is 79.9. The van der Waals surface area contributed by atoms with Gasteiger partial charge in [-0.3, -0.25) is 0 Å². The lowest BCUT2D eigenvalue weighted by molar-refractivity contribution is 0.602. The van der Waals surface area contributed by atoms with Gasteiger partial charge in [-0.15, -0.1) is 0 Å². The van der Waals surface area contributed by atoms with Crippen LogP contribution >= 0.6 is 15.9 Å². The van der Waals surface area contributed by atoms with E-state index >= 15 is 0 Å². The van der Waals surface area contributed by atoms with Gasteiger partial charge in [0, 0.05) is 29.5 Å². The molecule has 5 nitrogen and oxygen atoms in total.